The maximum absolute atomic E-state index is 12.4. The Hall–Kier alpha value is -5.80. The van der Waals surface area contributed by atoms with E-state index in [-0.39, 0.29) is 11.4 Å². The van der Waals surface area contributed by atoms with Crippen LogP contribution in [0, 0.1) is 40.5 Å². The minimum absolute atomic E-state index is 0.000339. The largest absolute Gasteiger partial charge is 0.289 e. The number of nitro benzene ring substituents is 4. The van der Waals surface area contributed by atoms with Crippen molar-refractivity contribution in [1.82, 2.24) is 0 Å². The van der Waals surface area contributed by atoms with E-state index in [1.165, 1.54) is 24.3 Å². The van der Waals surface area contributed by atoms with E-state index >= 15 is 0 Å². The van der Waals surface area contributed by atoms with E-state index in [1.807, 2.05) is 0 Å². The lowest BCUT2D eigenvalue weighted by molar-refractivity contribution is -0.394. The van der Waals surface area contributed by atoms with Gasteiger partial charge in [-0.25, -0.2) is 9.98 Å². The standard InChI is InChI=1S/C20H10N6O10/c27-19(15-7-5-13(23(29)30)9-17(15)25(33)34)21-11-1-2-12(4-3-11)22-20(28)16-8-6-14(24(31)32)10-18(16)26(35)36/h1-10H. The summed E-state index contributed by atoms with van der Waals surface area (Å²) >= 11 is 0. The SMILES string of the molecule is O=C(N=C1C=CC(=NC(=O)c2ccc([N+](=O)[O-])cc2[N+](=O)[O-])C=C1)c1ccc([N+](=O)[O-])cc1[N+](=O)[O-]. The Morgan fingerprint density at radius 1 is 0.556 bits per heavy atom. The first-order chi connectivity index (χ1) is 17.0. The summed E-state index contributed by atoms with van der Waals surface area (Å²) in [6, 6.07) is 4.91. The predicted molar refractivity (Wildman–Crippen MR) is 121 cm³/mol. The second kappa shape index (κ2) is 10.00. The molecule has 0 fully saturated rings. The zero-order valence-corrected chi connectivity index (χ0v) is 17.5. The molecule has 0 bridgehead atoms. The van der Waals surface area contributed by atoms with Crippen LogP contribution < -0.4 is 0 Å². The molecule has 0 heterocycles. The van der Waals surface area contributed by atoms with Gasteiger partial charge in [0.25, 0.3) is 34.6 Å². The highest BCUT2D eigenvalue weighted by Crippen LogP contribution is 2.26. The van der Waals surface area contributed by atoms with Crippen LogP contribution in [0.25, 0.3) is 0 Å². The zero-order valence-electron chi connectivity index (χ0n) is 17.5. The number of carbonyl (C=O) groups excluding carboxylic acids is 2. The van der Waals surface area contributed by atoms with Crippen LogP contribution in [0.5, 0.6) is 0 Å². The number of allylic oxidation sites excluding steroid dienone is 4. The summed E-state index contributed by atoms with van der Waals surface area (Å²) in [6.07, 6.45) is 4.91. The zero-order chi connectivity index (χ0) is 26.6. The van der Waals surface area contributed by atoms with Gasteiger partial charge >= 0.3 is 0 Å². The van der Waals surface area contributed by atoms with Gasteiger partial charge in [-0.15, -0.1) is 0 Å². The molecular formula is C20H10N6O10. The maximum Gasteiger partial charge on any atom is 0.289 e. The van der Waals surface area contributed by atoms with Gasteiger partial charge in [0.15, 0.2) is 0 Å². The molecule has 0 atom stereocenters. The van der Waals surface area contributed by atoms with Crippen LogP contribution in [0.15, 0.2) is 70.7 Å². The van der Waals surface area contributed by atoms with Crippen LogP contribution in [-0.4, -0.2) is 42.9 Å². The van der Waals surface area contributed by atoms with Crippen molar-refractivity contribution in [2.45, 2.75) is 0 Å². The van der Waals surface area contributed by atoms with Crippen LogP contribution in [0.2, 0.25) is 0 Å². The van der Waals surface area contributed by atoms with Crippen LogP contribution in [0.4, 0.5) is 22.7 Å². The molecule has 16 nitrogen and oxygen atoms in total. The summed E-state index contributed by atoms with van der Waals surface area (Å²) < 4.78 is 0. The van der Waals surface area contributed by atoms with E-state index in [2.05, 4.69) is 9.98 Å². The molecule has 0 aliphatic heterocycles. The van der Waals surface area contributed by atoms with E-state index in [0.717, 1.165) is 24.3 Å². The summed E-state index contributed by atoms with van der Waals surface area (Å²) in [5.74, 6) is -2.11. The Bertz CT molecular complexity index is 1360. The van der Waals surface area contributed by atoms with Crippen molar-refractivity contribution in [1.29, 1.82) is 0 Å². The molecule has 0 saturated heterocycles. The summed E-state index contributed by atoms with van der Waals surface area (Å²) in [5.41, 5.74) is -3.75. The summed E-state index contributed by atoms with van der Waals surface area (Å²) in [7, 11) is 0. The molecule has 2 aromatic rings. The topological polar surface area (TPSA) is 231 Å². The highest BCUT2D eigenvalue weighted by molar-refractivity contribution is 6.24. The first-order valence-corrected chi connectivity index (χ1v) is 9.46. The molecule has 0 unspecified atom stereocenters. The van der Waals surface area contributed by atoms with Crippen LogP contribution in [0.3, 0.4) is 0 Å². The van der Waals surface area contributed by atoms with Gasteiger partial charge in [-0.2, -0.15) is 0 Å². The molecule has 0 aromatic heterocycles. The fraction of sp³-hybridized carbons (Fsp3) is 0. The summed E-state index contributed by atoms with van der Waals surface area (Å²) in [5, 5.41) is 44.1. The van der Waals surface area contributed by atoms with Crippen LogP contribution >= 0.6 is 0 Å². The molecule has 0 radical (unpaired) electrons. The fourth-order valence-electron chi connectivity index (χ4n) is 2.89. The molecule has 3 rings (SSSR count). The molecule has 180 valence electrons. The average molecular weight is 494 g/mol. The predicted octanol–water partition coefficient (Wildman–Crippen LogP) is 3.31. The smallest absolute Gasteiger partial charge is 0.266 e. The number of carbonyl (C=O) groups is 2. The van der Waals surface area contributed by atoms with Crippen molar-refractivity contribution in [2.75, 3.05) is 0 Å². The minimum atomic E-state index is -1.06. The Morgan fingerprint density at radius 3 is 1.17 bits per heavy atom. The number of aliphatic imine (C=N–C) groups is 2. The van der Waals surface area contributed by atoms with Crippen molar-refractivity contribution >= 4 is 46.0 Å². The Kier molecular flexibility index (Phi) is 6.90. The lowest BCUT2D eigenvalue weighted by atomic mass is 10.1. The molecule has 1 aliphatic rings. The van der Waals surface area contributed by atoms with E-state index in [9.17, 15) is 50.0 Å². The third-order valence-electron chi connectivity index (χ3n) is 4.55. The molecule has 16 heteroatoms. The van der Waals surface area contributed by atoms with Crippen molar-refractivity contribution in [3.8, 4) is 0 Å². The van der Waals surface area contributed by atoms with Crippen molar-refractivity contribution in [3.63, 3.8) is 0 Å². The van der Waals surface area contributed by atoms with Crippen molar-refractivity contribution < 1.29 is 29.3 Å². The highest BCUT2D eigenvalue weighted by Gasteiger charge is 2.25. The van der Waals surface area contributed by atoms with Gasteiger partial charge in [-0.3, -0.25) is 50.0 Å². The Morgan fingerprint density at radius 2 is 0.889 bits per heavy atom. The lowest BCUT2D eigenvalue weighted by Gasteiger charge is -2.04. The fourth-order valence-corrected chi connectivity index (χ4v) is 2.89. The number of hydrogen-bond acceptors (Lipinski definition) is 10. The molecule has 36 heavy (non-hydrogen) atoms. The van der Waals surface area contributed by atoms with Gasteiger partial charge in [0.05, 0.1) is 43.2 Å². The number of nitro groups is 4. The second-order valence-corrected chi connectivity index (χ2v) is 6.78. The van der Waals surface area contributed by atoms with E-state index in [0.29, 0.717) is 12.1 Å². The first kappa shape index (κ1) is 24.8. The molecule has 0 saturated carbocycles. The van der Waals surface area contributed by atoms with Gasteiger partial charge in [0.2, 0.25) is 0 Å². The van der Waals surface area contributed by atoms with Gasteiger partial charge in [-0.1, -0.05) is 0 Å². The number of amides is 2. The average Bonchev–Trinajstić information content (AvgIpc) is 2.84. The number of hydrogen-bond donors (Lipinski definition) is 0. The number of benzene rings is 2. The molecular weight excluding hydrogens is 484 g/mol. The van der Waals surface area contributed by atoms with Gasteiger partial charge in [0.1, 0.15) is 11.1 Å². The number of non-ortho nitro benzene ring substituents is 2. The van der Waals surface area contributed by atoms with Gasteiger partial charge < -0.3 is 0 Å². The number of rotatable bonds is 6. The summed E-state index contributed by atoms with van der Waals surface area (Å²) in [6.45, 7) is 0. The van der Waals surface area contributed by atoms with Gasteiger partial charge in [-0.05, 0) is 36.4 Å². The molecule has 2 aromatic carbocycles. The highest BCUT2D eigenvalue weighted by atomic mass is 16.6. The monoisotopic (exact) mass is 494 g/mol. The maximum atomic E-state index is 12.4. The van der Waals surface area contributed by atoms with Crippen molar-refractivity contribution in [3.05, 3.63) is 112 Å². The summed E-state index contributed by atoms with van der Waals surface area (Å²) in [4.78, 5) is 72.7. The van der Waals surface area contributed by atoms with Crippen LogP contribution in [0.1, 0.15) is 20.7 Å². The first-order valence-electron chi connectivity index (χ1n) is 9.46. The quantitative estimate of drug-likeness (QED) is 0.323. The Labute approximate surface area is 198 Å². The molecule has 2 amide bonds. The van der Waals surface area contributed by atoms with E-state index < -0.39 is 65.4 Å². The molecule has 1 aliphatic carbocycles. The number of nitrogens with zero attached hydrogens (tertiary/aromatic N) is 6. The molecule has 0 spiro atoms. The Balaban J connectivity index is 1.84. The third kappa shape index (κ3) is 5.39. The normalized spacial score (nSPS) is 12.1. The van der Waals surface area contributed by atoms with Crippen molar-refractivity contribution in [2.24, 2.45) is 9.98 Å². The van der Waals surface area contributed by atoms with E-state index in [4.69, 9.17) is 0 Å². The van der Waals surface area contributed by atoms with E-state index in [1.54, 1.807) is 0 Å². The third-order valence-corrected chi connectivity index (χ3v) is 4.55. The minimum Gasteiger partial charge on any atom is -0.266 e. The lowest BCUT2D eigenvalue weighted by Crippen LogP contribution is -2.09. The van der Waals surface area contributed by atoms with Gasteiger partial charge in [0, 0.05) is 12.1 Å². The van der Waals surface area contributed by atoms with Crippen LogP contribution in [-0.2, 0) is 0 Å². The molecule has 0 N–H and O–H groups in total. The second-order valence-electron chi connectivity index (χ2n) is 6.78.